The molecule has 1 aliphatic heterocycles. The van der Waals surface area contributed by atoms with E-state index in [0.717, 1.165) is 0 Å². The van der Waals surface area contributed by atoms with Crippen LogP contribution in [0.1, 0.15) is 17.3 Å². The molecule has 1 aromatic heterocycles. The number of carbonyl (C=O) groups excluding carboxylic acids is 2. The molecule has 0 bridgehead atoms. The Morgan fingerprint density at radius 3 is 2.45 bits per heavy atom. The minimum atomic E-state index is -0.0790. The monoisotopic (exact) mass is 296 g/mol. The van der Waals surface area contributed by atoms with Crippen LogP contribution in [0.4, 0.5) is 4.79 Å². The maximum absolute atomic E-state index is 12.2. The van der Waals surface area contributed by atoms with Gasteiger partial charge in [0.15, 0.2) is 0 Å². The van der Waals surface area contributed by atoms with Crippen molar-refractivity contribution >= 4 is 23.5 Å². The second kappa shape index (κ2) is 6.56. The van der Waals surface area contributed by atoms with Crippen LogP contribution in [0.15, 0.2) is 18.3 Å². The molecule has 108 valence electrons. The van der Waals surface area contributed by atoms with E-state index in [1.54, 1.807) is 21.9 Å². The van der Waals surface area contributed by atoms with Crippen LogP contribution in [-0.2, 0) is 0 Å². The van der Waals surface area contributed by atoms with Crippen LogP contribution in [0.5, 0.6) is 0 Å². The van der Waals surface area contributed by atoms with Gasteiger partial charge in [-0.05, 0) is 19.1 Å². The van der Waals surface area contributed by atoms with Gasteiger partial charge in [-0.2, -0.15) is 0 Å². The van der Waals surface area contributed by atoms with E-state index in [1.165, 1.54) is 6.20 Å². The van der Waals surface area contributed by atoms with E-state index in [9.17, 15) is 9.59 Å². The summed E-state index contributed by atoms with van der Waals surface area (Å²) in [6.07, 6.45) is 1.47. The molecular formula is C13H17ClN4O2. The Kier molecular flexibility index (Phi) is 4.79. The number of halogens is 1. The topological polar surface area (TPSA) is 65.5 Å². The number of pyridine rings is 1. The van der Waals surface area contributed by atoms with Crippen molar-refractivity contribution in [3.05, 3.63) is 29.0 Å². The predicted molar refractivity (Wildman–Crippen MR) is 75.8 cm³/mol. The van der Waals surface area contributed by atoms with Gasteiger partial charge in [0.05, 0.1) is 5.56 Å². The number of nitrogens with one attached hydrogen (secondary N) is 1. The van der Waals surface area contributed by atoms with Crippen LogP contribution in [0, 0.1) is 0 Å². The third-order valence-electron chi connectivity index (χ3n) is 3.16. The number of carbonyl (C=O) groups is 2. The van der Waals surface area contributed by atoms with Crippen LogP contribution < -0.4 is 5.32 Å². The molecule has 6 nitrogen and oxygen atoms in total. The standard InChI is InChI=1S/C13H17ClN4O2/c1-2-15-13(20)18-7-5-17(6-8-18)12(19)10-3-4-11(14)16-9-10/h3-4,9H,2,5-8H2,1H3,(H,15,20). The molecule has 2 rings (SSSR count). The molecule has 0 unspecified atom stereocenters. The summed E-state index contributed by atoms with van der Waals surface area (Å²) in [5.41, 5.74) is 0.515. The molecule has 0 aromatic carbocycles. The van der Waals surface area contributed by atoms with Gasteiger partial charge in [0.25, 0.3) is 5.91 Å². The Labute approximate surface area is 122 Å². The third kappa shape index (κ3) is 3.39. The minimum Gasteiger partial charge on any atom is -0.338 e. The van der Waals surface area contributed by atoms with E-state index >= 15 is 0 Å². The quantitative estimate of drug-likeness (QED) is 0.835. The van der Waals surface area contributed by atoms with Crippen molar-refractivity contribution in [2.45, 2.75) is 6.92 Å². The number of nitrogens with zero attached hydrogens (tertiary/aromatic N) is 3. The summed E-state index contributed by atoms with van der Waals surface area (Å²) >= 11 is 5.70. The first-order chi connectivity index (χ1) is 9.61. The second-order valence-corrected chi connectivity index (χ2v) is 4.87. The molecule has 1 aromatic rings. The van der Waals surface area contributed by atoms with Gasteiger partial charge in [0.1, 0.15) is 5.15 Å². The van der Waals surface area contributed by atoms with E-state index in [1.807, 2.05) is 6.92 Å². The van der Waals surface area contributed by atoms with E-state index in [2.05, 4.69) is 10.3 Å². The first kappa shape index (κ1) is 14.6. The highest BCUT2D eigenvalue weighted by molar-refractivity contribution is 6.29. The van der Waals surface area contributed by atoms with E-state index in [-0.39, 0.29) is 11.9 Å². The number of hydrogen-bond donors (Lipinski definition) is 1. The lowest BCUT2D eigenvalue weighted by atomic mass is 10.2. The molecule has 1 aliphatic rings. The molecule has 0 aliphatic carbocycles. The van der Waals surface area contributed by atoms with Crippen LogP contribution in [0.2, 0.25) is 5.15 Å². The molecule has 1 fully saturated rings. The van der Waals surface area contributed by atoms with Crippen molar-refractivity contribution in [3.63, 3.8) is 0 Å². The van der Waals surface area contributed by atoms with E-state index in [4.69, 9.17) is 11.6 Å². The second-order valence-electron chi connectivity index (χ2n) is 4.48. The zero-order chi connectivity index (χ0) is 14.5. The van der Waals surface area contributed by atoms with Crippen molar-refractivity contribution in [3.8, 4) is 0 Å². The molecule has 1 N–H and O–H groups in total. The Hall–Kier alpha value is -1.82. The normalized spacial score (nSPS) is 15.1. The van der Waals surface area contributed by atoms with Crippen LogP contribution in [0.3, 0.4) is 0 Å². The van der Waals surface area contributed by atoms with Gasteiger partial charge in [-0.15, -0.1) is 0 Å². The van der Waals surface area contributed by atoms with Crippen LogP contribution >= 0.6 is 11.6 Å². The number of urea groups is 1. The average molecular weight is 297 g/mol. The van der Waals surface area contributed by atoms with E-state index < -0.39 is 0 Å². The fourth-order valence-corrected chi connectivity index (χ4v) is 2.17. The lowest BCUT2D eigenvalue weighted by Crippen LogP contribution is -2.53. The first-order valence-corrected chi connectivity index (χ1v) is 6.93. The number of piperazine rings is 1. The van der Waals surface area contributed by atoms with Crippen LogP contribution in [-0.4, -0.2) is 59.4 Å². The van der Waals surface area contributed by atoms with Gasteiger partial charge in [0.2, 0.25) is 0 Å². The summed E-state index contributed by atoms with van der Waals surface area (Å²) in [5, 5.41) is 3.12. The Morgan fingerprint density at radius 2 is 1.90 bits per heavy atom. The van der Waals surface area contributed by atoms with E-state index in [0.29, 0.717) is 43.4 Å². The van der Waals surface area contributed by atoms with Crippen molar-refractivity contribution in [2.75, 3.05) is 32.7 Å². The Bertz CT molecular complexity index is 484. The zero-order valence-corrected chi connectivity index (χ0v) is 12.1. The van der Waals surface area contributed by atoms with Gasteiger partial charge in [-0.25, -0.2) is 9.78 Å². The fraction of sp³-hybridized carbons (Fsp3) is 0.462. The van der Waals surface area contributed by atoms with Gasteiger partial charge < -0.3 is 15.1 Å². The fourth-order valence-electron chi connectivity index (χ4n) is 2.06. The molecule has 0 radical (unpaired) electrons. The third-order valence-corrected chi connectivity index (χ3v) is 3.38. The number of hydrogen-bond acceptors (Lipinski definition) is 3. The summed E-state index contributed by atoms with van der Waals surface area (Å²) in [6, 6.07) is 3.18. The highest BCUT2D eigenvalue weighted by atomic mass is 35.5. The first-order valence-electron chi connectivity index (χ1n) is 6.55. The van der Waals surface area contributed by atoms with Crippen molar-refractivity contribution in [1.82, 2.24) is 20.1 Å². The average Bonchev–Trinajstić information content (AvgIpc) is 2.48. The van der Waals surface area contributed by atoms with Gasteiger partial charge in [0, 0.05) is 38.9 Å². The van der Waals surface area contributed by atoms with Crippen molar-refractivity contribution in [2.24, 2.45) is 0 Å². The molecule has 0 saturated carbocycles. The molecular weight excluding hydrogens is 280 g/mol. The molecule has 2 heterocycles. The van der Waals surface area contributed by atoms with Crippen molar-refractivity contribution in [1.29, 1.82) is 0 Å². The minimum absolute atomic E-state index is 0.0761. The lowest BCUT2D eigenvalue weighted by Gasteiger charge is -2.34. The number of aromatic nitrogens is 1. The summed E-state index contributed by atoms with van der Waals surface area (Å²) in [4.78, 5) is 31.3. The van der Waals surface area contributed by atoms with Gasteiger partial charge >= 0.3 is 6.03 Å². The number of amides is 3. The van der Waals surface area contributed by atoms with Crippen LogP contribution in [0.25, 0.3) is 0 Å². The van der Waals surface area contributed by atoms with Crippen molar-refractivity contribution < 1.29 is 9.59 Å². The molecule has 7 heteroatoms. The molecule has 0 atom stereocenters. The Balaban J connectivity index is 1.92. The predicted octanol–water partition coefficient (Wildman–Crippen LogP) is 1.22. The van der Waals surface area contributed by atoms with Gasteiger partial charge in [-0.3, -0.25) is 4.79 Å². The SMILES string of the molecule is CCNC(=O)N1CCN(C(=O)c2ccc(Cl)nc2)CC1. The largest absolute Gasteiger partial charge is 0.338 e. The molecule has 20 heavy (non-hydrogen) atoms. The summed E-state index contributed by atoms with van der Waals surface area (Å²) in [7, 11) is 0. The van der Waals surface area contributed by atoms with Gasteiger partial charge in [-0.1, -0.05) is 11.6 Å². The lowest BCUT2D eigenvalue weighted by molar-refractivity contribution is 0.0665. The maximum atomic E-state index is 12.2. The molecule has 3 amide bonds. The highest BCUT2D eigenvalue weighted by Crippen LogP contribution is 2.10. The molecule has 1 saturated heterocycles. The Morgan fingerprint density at radius 1 is 1.25 bits per heavy atom. The zero-order valence-electron chi connectivity index (χ0n) is 11.3. The highest BCUT2D eigenvalue weighted by Gasteiger charge is 2.24. The summed E-state index contributed by atoms with van der Waals surface area (Å²) in [6.45, 7) is 4.62. The summed E-state index contributed by atoms with van der Waals surface area (Å²) in [5.74, 6) is -0.0790. The summed E-state index contributed by atoms with van der Waals surface area (Å²) < 4.78 is 0. The number of rotatable bonds is 2. The maximum Gasteiger partial charge on any atom is 0.317 e. The smallest absolute Gasteiger partial charge is 0.317 e. The molecule has 0 spiro atoms.